The molecule has 1 aliphatic heterocycles. The van der Waals surface area contributed by atoms with E-state index in [2.05, 4.69) is 20.3 Å². The fraction of sp³-hybridized carbons (Fsp3) is 0.300. The topological polar surface area (TPSA) is 71.0 Å². The van der Waals surface area contributed by atoms with Gasteiger partial charge in [0.05, 0.1) is 5.56 Å². The number of carbonyl (C=O) groups is 1. The number of hydrogen-bond acceptors (Lipinski definition) is 6. The lowest BCUT2D eigenvalue weighted by Crippen LogP contribution is -2.38. The van der Waals surface area contributed by atoms with Gasteiger partial charge in [-0.1, -0.05) is 6.07 Å². The zero-order valence-electron chi connectivity index (χ0n) is 15.7. The quantitative estimate of drug-likeness (QED) is 0.689. The predicted molar refractivity (Wildman–Crippen MR) is 106 cm³/mol. The maximum Gasteiger partial charge on any atom is 0.256 e. The molecule has 6 nitrogen and oxygen atoms in total. The number of carbonyl (C=O) groups excluding carboxylic acids is 1. The molecule has 4 rings (SSSR count). The Morgan fingerprint density at radius 3 is 2.76 bits per heavy atom. The van der Waals surface area contributed by atoms with Gasteiger partial charge in [0.2, 0.25) is 0 Å². The number of nitrogens with one attached hydrogen (secondary N) is 1. The second kappa shape index (κ2) is 8.20. The number of amides is 1. The van der Waals surface area contributed by atoms with E-state index < -0.39 is 17.5 Å². The molecule has 150 valence electrons. The van der Waals surface area contributed by atoms with Crippen LogP contribution in [-0.4, -0.2) is 38.8 Å². The van der Waals surface area contributed by atoms with E-state index in [4.69, 9.17) is 0 Å². The highest BCUT2D eigenvalue weighted by Crippen LogP contribution is 2.30. The van der Waals surface area contributed by atoms with E-state index in [9.17, 15) is 13.6 Å². The van der Waals surface area contributed by atoms with Crippen LogP contribution in [0, 0.1) is 18.6 Å². The van der Waals surface area contributed by atoms with E-state index in [0.717, 1.165) is 16.9 Å². The van der Waals surface area contributed by atoms with Crippen molar-refractivity contribution in [3.63, 3.8) is 0 Å². The molecule has 0 bridgehead atoms. The Hall–Kier alpha value is -2.94. The SMILES string of the molecule is Cc1nc(Nc2nccs2)cc(C2CCN(C(=O)c3cccc(F)c3F)CC2)n1. The predicted octanol–water partition coefficient (Wildman–Crippen LogP) is 4.28. The monoisotopic (exact) mass is 415 g/mol. The van der Waals surface area contributed by atoms with Crippen LogP contribution in [0.5, 0.6) is 0 Å². The molecule has 1 amide bonds. The van der Waals surface area contributed by atoms with Crippen molar-refractivity contribution < 1.29 is 13.6 Å². The Balaban J connectivity index is 1.45. The van der Waals surface area contributed by atoms with Crippen molar-refractivity contribution in [1.29, 1.82) is 0 Å². The van der Waals surface area contributed by atoms with E-state index in [0.29, 0.717) is 37.6 Å². The molecule has 2 aromatic heterocycles. The van der Waals surface area contributed by atoms with Crippen LogP contribution < -0.4 is 5.32 Å². The molecule has 1 aromatic carbocycles. The Labute approximate surface area is 170 Å². The summed E-state index contributed by atoms with van der Waals surface area (Å²) < 4.78 is 27.4. The van der Waals surface area contributed by atoms with Crippen molar-refractivity contribution in [3.8, 4) is 0 Å². The molecule has 1 aliphatic rings. The first-order valence-corrected chi connectivity index (χ1v) is 10.1. The minimum atomic E-state index is -1.09. The van der Waals surface area contributed by atoms with Gasteiger partial charge in [-0.15, -0.1) is 11.3 Å². The number of halogens is 2. The van der Waals surface area contributed by atoms with Crippen LogP contribution in [0.2, 0.25) is 0 Å². The molecule has 1 fully saturated rings. The maximum absolute atomic E-state index is 13.9. The van der Waals surface area contributed by atoms with Crippen LogP contribution in [-0.2, 0) is 0 Å². The van der Waals surface area contributed by atoms with Crippen molar-refractivity contribution in [1.82, 2.24) is 19.9 Å². The zero-order chi connectivity index (χ0) is 20.4. The third-order valence-electron chi connectivity index (χ3n) is 4.91. The number of benzene rings is 1. The number of likely N-dealkylation sites (tertiary alicyclic amines) is 1. The van der Waals surface area contributed by atoms with Gasteiger partial charge in [0.1, 0.15) is 11.6 Å². The minimum absolute atomic E-state index is 0.162. The van der Waals surface area contributed by atoms with Crippen molar-refractivity contribution in [3.05, 3.63) is 64.6 Å². The van der Waals surface area contributed by atoms with Gasteiger partial charge in [0.25, 0.3) is 5.91 Å². The van der Waals surface area contributed by atoms with Gasteiger partial charge in [-0.2, -0.15) is 0 Å². The molecule has 1 saturated heterocycles. The molecule has 0 aliphatic carbocycles. The first-order valence-electron chi connectivity index (χ1n) is 9.26. The molecule has 0 saturated carbocycles. The van der Waals surface area contributed by atoms with Crippen molar-refractivity contribution in [2.75, 3.05) is 18.4 Å². The van der Waals surface area contributed by atoms with E-state index in [1.807, 2.05) is 18.4 Å². The van der Waals surface area contributed by atoms with E-state index in [1.165, 1.54) is 23.5 Å². The maximum atomic E-state index is 13.9. The summed E-state index contributed by atoms with van der Waals surface area (Å²) in [6.07, 6.45) is 3.10. The molecular weight excluding hydrogens is 396 g/mol. The smallest absolute Gasteiger partial charge is 0.256 e. The molecule has 3 heterocycles. The highest BCUT2D eigenvalue weighted by Gasteiger charge is 2.27. The summed E-state index contributed by atoms with van der Waals surface area (Å²) in [4.78, 5) is 27.3. The average molecular weight is 415 g/mol. The van der Waals surface area contributed by atoms with Gasteiger partial charge in [0.15, 0.2) is 16.8 Å². The van der Waals surface area contributed by atoms with Gasteiger partial charge in [-0.05, 0) is 31.9 Å². The highest BCUT2D eigenvalue weighted by atomic mass is 32.1. The lowest BCUT2D eigenvalue weighted by Gasteiger charge is -2.32. The number of rotatable bonds is 4. The van der Waals surface area contributed by atoms with Crippen molar-refractivity contribution in [2.45, 2.75) is 25.7 Å². The van der Waals surface area contributed by atoms with Crippen molar-refractivity contribution in [2.24, 2.45) is 0 Å². The molecule has 0 spiro atoms. The van der Waals surface area contributed by atoms with Crippen molar-refractivity contribution >= 4 is 28.2 Å². The largest absolute Gasteiger partial charge is 0.339 e. The number of nitrogens with zero attached hydrogens (tertiary/aromatic N) is 4. The molecule has 1 N–H and O–H groups in total. The minimum Gasteiger partial charge on any atom is -0.339 e. The van der Waals surface area contributed by atoms with Gasteiger partial charge in [0, 0.05) is 42.3 Å². The highest BCUT2D eigenvalue weighted by molar-refractivity contribution is 7.13. The molecule has 9 heteroatoms. The molecule has 29 heavy (non-hydrogen) atoms. The fourth-order valence-electron chi connectivity index (χ4n) is 3.48. The summed E-state index contributed by atoms with van der Waals surface area (Å²) in [5.74, 6) is -1.09. The number of aromatic nitrogens is 3. The van der Waals surface area contributed by atoms with Crippen LogP contribution in [0.15, 0.2) is 35.8 Å². The zero-order valence-corrected chi connectivity index (χ0v) is 16.5. The second-order valence-corrected chi connectivity index (χ2v) is 7.75. The summed E-state index contributed by atoms with van der Waals surface area (Å²) in [6.45, 7) is 2.75. The Morgan fingerprint density at radius 2 is 2.03 bits per heavy atom. The van der Waals surface area contributed by atoms with Gasteiger partial charge < -0.3 is 10.2 Å². The van der Waals surface area contributed by atoms with Crippen LogP contribution >= 0.6 is 11.3 Å². The first-order chi connectivity index (χ1) is 14.0. The Morgan fingerprint density at radius 1 is 1.24 bits per heavy atom. The summed E-state index contributed by atoms with van der Waals surface area (Å²) in [6, 6.07) is 5.58. The molecule has 0 radical (unpaired) electrons. The van der Waals surface area contributed by atoms with Gasteiger partial charge >= 0.3 is 0 Å². The number of thiazole rings is 1. The van der Waals surface area contributed by atoms with Crippen LogP contribution in [0.1, 0.15) is 40.6 Å². The van der Waals surface area contributed by atoms with E-state index >= 15 is 0 Å². The number of hydrogen-bond donors (Lipinski definition) is 1. The third kappa shape index (κ3) is 4.24. The average Bonchev–Trinajstić information content (AvgIpc) is 3.22. The summed E-state index contributed by atoms with van der Waals surface area (Å²) in [5.41, 5.74) is 0.678. The molecule has 3 aromatic rings. The summed E-state index contributed by atoms with van der Waals surface area (Å²) in [7, 11) is 0. The normalized spacial score (nSPS) is 14.8. The summed E-state index contributed by atoms with van der Waals surface area (Å²) in [5, 5.41) is 5.82. The Bertz CT molecular complexity index is 1020. The first kappa shape index (κ1) is 19.4. The van der Waals surface area contributed by atoms with E-state index in [1.54, 1.807) is 11.1 Å². The number of anilines is 2. The lowest BCUT2D eigenvalue weighted by molar-refractivity contribution is 0.0706. The van der Waals surface area contributed by atoms with Gasteiger partial charge in [-0.3, -0.25) is 4.79 Å². The molecule has 0 atom stereocenters. The molecular formula is C20H19F2N5OS. The molecule has 0 unspecified atom stereocenters. The van der Waals surface area contributed by atoms with E-state index in [-0.39, 0.29) is 11.5 Å². The number of aryl methyl sites for hydroxylation is 1. The van der Waals surface area contributed by atoms with Crippen LogP contribution in [0.25, 0.3) is 0 Å². The van der Waals surface area contributed by atoms with Crippen LogP contribution in [0.4, 0.5) is 19.7 Å². The second-order valence-electron chi connectivity index (χ2n) is 6.86. The standard InChI is InChI=1S/C20H19F2N5OS/c1-12-24-16(11-17(25-12)26-20-23-7-10-29-20)13-5-8-27(9-6-13)19(28)14-3-2-4-15(21)18(14)22/h2-4,7,10-11,13H,5-6,8-9H2,1H3,(H,23,24,25,26). The lowest BCUT2D eigenvalue weighted by atomic mass is 9.92. The third-order valence-corrected chi connectivity index (χ3v) is 5.60. The summed E-state index contributed by atoms with van der Waals surface area (Å²) >= 11 is 1.48. The van der Waals surface area contributed by atoms with Gasteiger partial charge in [-0.25, -0.2) is 23.7 Å². The fourth-order valence-corrected chi connectivity index (χ4v) is 4.01. The van der Waals surface area contributed by atoms with Crippen LogP contribution in [0.3, 0.4) is 0 Å². The Kier molecular flexibility index (Phi) is 5.48. The number of piperidine rings is 1.